The molecule has 1 saturated heterocycles. The van der Waals surface area contributed by atoms with E-state index in [0.717, 1.165) is 0 Å². The molecule has 0 N–H and O–H groups in total. The summed E-state index contributed by atoms with van der Waals surface area (Å²) in [4.78, 5) is 29.2. The number of carbonyl (C=O) groups is 1. The summed E-state index contributed by atoms with van der Waals surface area (Å²) in [5.74, 6) is 0.234. The number of rotatable bonds is 2. The Morgan fingerprint density at radius 2 is 1.96 bits per heavy atom. The number of hydrogen-bond acceptors (Lipinski definition) is 6. The van der Waals surface area contributed by atoms with Gasteiger partial charge in [-0.3, -0.25) is 0 Å². The van der Waals surface area contributed by atoms with Crippen molar-refractivity contribution in [1.29, 1.82) is 0 Å². The third-order valence-corrected chi connectivity index (χ3v) is 3.18. The first kappa shape index (κ1) is 25.5. The van der Waals surface area contributed by atoms with Gasteiger partial charge in [0.25, 0.3) is 0 Å². The first-order chi connectivity index (χ1) is 11.7. The number of pyridine rings is 1. The van der Waals surface area contributed by atoms with Crippen LogP contribution in [0.5, 0.6) is 0 Å². The summed E-state index contributed by atoms with van der Waals surface area (Å²) in [5.41, 5.74) is 0.0857. The molecule has 0 bridgehead atoms. The molecule has 2 rings (SSSR count). The fraction of sp³-hybridized carbons (Fsp3) is 0.562. The van der Waals surface area contributed by atoms with E-state index in [4.69, 9.17) is 12.6 Å². The van der Waals surface area contributed by atoms with Crippen LogP contribution < -0.4 is 63.1 Å². The Balaban J connectivity index is 0.00000201. The first-order valence-corrected chi connectivity index (χ1v) is 8.14. The van der Waals surface area contributed by atoms with Crippen molar-refractivity contribution in [3.8, 4) is 0 Å². The molecule has 8 nitrogen and oxygen atoms in total. The molecule has 0 spiro atoms. The van der Waals surface area contributed by atoms with Crippen molar-refractivity contribution in [2.45, 2.75) is 40.2 Å². The number of anilines is 1. The first-order valence-electron chi connectivity index (χ1n) is 8.14. The number of amides is 1. The molecule has 1 aromatic rings. The van der Waals surface area contributed by atoms with Crippen molar-refractivity contribution in [3.05, 3.63) is 34.4 Å². The molecule has 1 aliphatic heterocycles. The Kier molecular flexibility index (Phi) is 11.1. The van der Waals surface area contributed by atoms with Crippen LogP contribution in [0.15, 0.2) is 18.3 Å². The van der Waals surface area contributed by atoms with Crippen LogP contribution in [0, 0.1) is 16.1 Å². The zero-order valence-electron chi connectivity index (χ0n) is 16.4. The Morgan fingerprint density at radius 3 is 2.38 bits per heavy atom. The number of nitrogens with zero attached hydrogens (tertiary/aromatic N) is 4. The van der Waals surface area contributed by atoms with Gasteiger partial charge in [0.05, 0.1) is 5.69 Å². The Bertz CT molecular complexity index is 595. The Morgan fingerprint density at radius 1 is 1.35 bits per heavy atom. The Hall–Kier alpha value is -0.510. The molecule has 1 amide bonds. The van der Waals surface area contributed by atoms with E-state index in [2.05, 4.69) is 4.98 Å². The predicted octanol–water partition coefficient (Wildman–Crippen LogP) is -0.265. The van der Waals surface area contributed by atoms with Crippen molar-refractivity contribution in [2.24, 2.45) is 0 Å². The van der Waals surface area contributed by atoms with Gasteiger partial charge in [0.1, 0.15) is 5.60 Å². The SMILES string of the molecule is CC.[B][C-]1CN(C(=O)OC(C)(C)C)CCN1c1ccc([N+](=O)[O-])nc1.[Rb+]. The minimum Gasteiger partial charge on any atom is -0.520 e. The number of piperazine rings is 1. The van der Waals surface area contributed by atoms with E-state index >= 15 is 0 Å². The topological polar surface area (TPSA) is 88.8 Å². The molecule has 136 valence electrons. The maximum absolute atomic E-state index is 12.1. The summed E-state index contributed by atoms with van der Waals surface area (Å²) in [6.07, 6.45) is 0.982. The third-order valence-electron chi connectivity index (χ3n) is 3.18. The molecule has 2 radical (unpaired) electrons. The summed E-state index contributed by atoms with van der Waals surface area (Å²) >= 11 is 0. The molecule has 0 saturated carbocycles. The summed E-state index contributed by atoms with van der Waals surface area (Å²) in [7, 11) is 6.03. The van der Waals surface area contributed by atoms with E-state index in [1.807, 2.05) is 13.8 Å². The normalized spacial score (nSPS) is 14.7. The largest absolute Gasteiger partial charge is 1.00 e. The summed E-state index contributed by atoms with van der Waals surface area (Å²) in [6.45, 7) is 10.5. The summed E-state index contributed by atoms with van der Waals surface area (Å²) < 4.78 is 5.32. The van der Waals surface area contributed by atoms with E-state index in [-0.39, 0.29) is 70.6 Å². The number of aromatic nitrogens is 1. The maximum Gasteiger partial charge on any atom is 1.00 e. The van der Waals surface area contributed by atoms with Crippen molar-refractivity contribution < 1.29 is 72.6 Å². The molecule has 26 heavy (non-hydrogen) atoms. The van der Waals surface area contributed by atoms with Gasteiger partial charge in [-0.15, -0.1) is 0 Å². The second kappa shape index (κ2) is 11.4. The van der Waals surface area contributed by atoms with Gasteiger partial charge >= 0.3 is 70.1 Å². The summed E-state index contributed by atoms with van der Waals surface area (Å²) in [6, 6.07) is 2.91. The zero-order chi connectivity index (χ0) is 19.2. The molecule has 1 aliphatic rings. The van der Waals surface area contributed by atoms with Crippen LogP contribution in [0.2, 0.25) is 0 Å². The second-order valence-electron chi connectivity index (χ2n) is 6.18. The van der Waals surface area contributed by atoms with Crippen molar-refractivity contribution in [3.63, 3.8) is 0 Å². The minimum atomic E-state index is -0.564. The van der Waals surface area contributed by atoms with Gasteiger partial charge in [0.2, 0.25) is 0 Å². The van der Waals surface area contributed by atoms with Crippen LogP contribution >= 0.6 is 0 Å². The fourth-order valence-electron chi connectivity index (χ4n) is 2.15. The van der Waals surface area contributed by atoms with E-state index in [1.165, 1.54) is 17.2 Å². The van der Waals surface area contributed by atoms with Crippen LogP contribution in [0.4, 0.5) is 16.3 Å². The molecule has 0 aromatic carbocycles. The number of nitro groups is 1. The minimum absolute atomic E-state index is 0. The van der Waals surface area contributed by atoms with E-state index < -0.39 is 16.6 Å². The zero-order valence-corrected chi connectivity index (χ0v) is 21.3. The average molecular weight is 433 g/mol. The van der Waals surface area contributed by atoms with Crippen LogP contribution in [0.1, 0.15) is 34.6 Å². The molecular weight excluding hydrogens is 408 g/mol. The van der Waals surface area contributed by atoms with Crippen LogP contribution in [0.3, 0.4) is 0 Å². The maximum atomic E-state index is 12.1. The van der Waals surface area contributed by atoms with Crippen molar-refractivity contribution >= 4 is 25.4 Å². The van der Waals surface area contributed by atoms with E-state index in [1.54, 1.807) is 31.7 Å². The molecule has 0 unspecified atom stereocenters. The summed E-state index contributed by atoms with van der Waals surface area (Å²) in [5, 5.41) is 10.6. The molecular formula is C16H24BN4O4Rb. The molecule has 1 aromatic heterocycles. The van der Waals surface area contributed by atoms with Crippen LogP contribution in [0.25, 0.3) is 0 Å². The van der Waals surface area contributed by atoms with Gasteiger partial charge in [0, 0.05) is 19.2 Å². The smallest absolute Gasteiger partial charge is 0.520 e. The monoisotopic (exact) mass is 432 g/mol. The third kappa shape index (κ3) is 7.62. The van der Waals surface area contributed by atoms with Gasteiger partial charge in [-0.05, 0) is 36.7 Å². The van der Waals surface area contributed by atoms with E-state index in [0.29, 0.717) is 24.7 Å². The van der Waals surface area contributed by atoms with Crippen molar-refractivity contribution in [1.82, 2.24) is 9.88 Å². The molecule has 0 aliphatic carbocycles. The van der Waals surface area contributed by atoms with Gasteiger partial charge in [-0.1, -0.05) is 20.4 Å². The average Bonchev–Trinajstić information content (AvgIpc) is 2.55. The quantitative estimate of drug-likeness (QED) is 0.277. The van der Waals surface area contributed by atoms with Crippen molar-refractivity contribution in [2.75, 3.05) is 24.5 Å². The van der Waals surface area contributed by atoms with Gasteiger partial charge < -0.3 is 24.7 Å². The van der Waals surface area contributed by atoms with Gasteiger partial charge in [0.15, 0.2) is 6.20 Å². The number of hydrogen-bond donors (Lipinski definition) is 0. The standard InChI is InChI=1S/C14H18BN4O4.C2H6.Rb/c1-14(2,3)23-13(20)17-6-7-18(11(15)9-17)10-4-5-12(16-8-10)19(21)22;1-2;/h4-5,8H,6-7,9H2,1-3H3;1-2H3;/q-1;;+1. The molecule has 10 heteroatoms. The number of carbonyl (C=O) groups excluding carboxylic acids is 1. The number of ether oxygens (including phenoxy) is 1. The molecule has 1 fully saturated rings. The molecule has 0 atom stereocenters. The predicted molar refractivity (Wildman–Crippen MR) is 96.4 cm³/mol. The fourth-order valence-corrected chi connectivity index (χ4v) is 2.15. The van der Waals surface area contributed by atoms with Crippen LogP contribution in [-0.4, -0.2) is 54.0 Å². The Labute approximate surface area is 205 Å². The van der Waals surface area contributed by atoms with Gasteiger partial charge in [-0.2, -0.15) is 7.85 Å². The molecule has 2 heterocycles. The van der Waals surface area contributed by atoms with Gasteiger partial charge in [-0.25, -0.2) is 10.7 Å². The second-order valence-corrected chi connectivity index (χ2v) is 6.18. The van der Waals surface area contributed by atoms with Crippen LogP contribution in [-0.2, 0) is 4.74 Å². The van der Waals surface area contributed by atoms with E-state index in [9.17, 15) is 14.9 Å².